The molecule has 3 aromatic carbocycles. The molecule has 3 aromatic heterocycles. The van der Waals surface area contributed by atoms with Gasteiger partial charge in [0.15, 0.2) is 0 Å². The van der Waals surface area contributed by atoms with Gasteiger partial charge in [-0.1, -0.05) is 36.4 Å². The molecule has 0 fully saturated rings. The van der Waals surface area contributed by atoms with E-state index in [-0.39, 0.29) is 18.5 Å². The van der Waals surface area contributed by atoms with Crippen molar-refractivity contribution in [2.24, 2.45) is 0 Å². The van der Waals surface area contributed by atoms with Gasteiger partial charge in [0, 0.05) is 46.3 Å². The van der Waals surface area contributed by atoms with Crippen LogP contribution >= 0.6 is 56.8 Å². The number of nitrogens with zero attached hydrogens (tertiary/aromatic N) is 1. The van der Waals surface area contributed by atoms with E-state index in [0.717, 1.165) is 63.0 Å². The lowest BCUT2D eigenvalue weighted by Gasteiger charge is -2.26. The fourth-order valence-corrected chi connectivity index (χ4v) is 16.0. The Hall–Kier alpha value is -2.99. The number of benzene rings is 3. The maximum atomic E-state index is 13.2. The highest BCUT2D eigenvalue weighted by Crippen LogP contribution is 2.55. The van der Waals surface area contributed by atoms with Gasteiger partial charge in [0.25, 0.3) is 0 Å². The maximum absolute atomic E-state index is 13.2. The lowest BCUT2D eigenvalue weighted by atomic mass is 10.1. The van der Waals surface area contributed by atoms with Gasteiger partial charge in [-0.3, -0.25) is 13.7 Å². The van der Waals surface area contributed by atoms with E-state index in [1.165, 1.54) is 0 Å². The Labute approximate surface area is 372 Å². The van der Waals surface area contributed by atoms with Crippen LogP contribution in [0.25, 0.3) is 31.3 Å². The Morgan fingerprint density at radius 1 is 0.361 bits per heavy atom. The zero-order valence-corrected chi connectivity index (χ0v) is 40.6. The van der Waals surface area contributed by atoms with E-state index in [1.807, 2.05) is 59.7 Å². The van der Waals surface area contributed by atoms with Crippen molar-refractivity contribution in [3.8, 4) is 31.3 Å². The molecular weight excluding hydrogens is 888 g/mol. The van der Waals surface area contributed by atoms with Crippen molar-refractivity contribution >= 4 is 73.9 Å². The van der Waals surface area contributed by atoms with Crippen molar-refractivity contribution in [3.05, 3.63) is 124 Å². The quantitative estimate of drug-likeness (QED) is 0.0544. The van der Waals surface area contributed by atoms with Crippen LogP contribution in [0.4, 0.5) is 17.1 Å². The van der Waals surface area contributed by atoms with E-state index in [2.05, 4.69) is 95.9 Å². The normalized spacial score (nSPS) is 12.3. The van der Waals surface area contributed by atoms with Gasteiger partial charge in [0.05, 0.1) is 58.1 Å². The molecule has 0 aliphatic rings. The highest BCUT2D eigenvalue weighted by Gasteiger charge is 2.27. The highest BCUT2D eigenvalue weighted by atomic mass is 32.1. The zero-order chi connectivity index (χ0) is 43.5. The Balaban J connectivity index is 1.28. The van der Waals surface area contributed by atoms with E-state index in [9.17, 15) is 13.7 Å². The highest BCUT2D eigenvalue weighted by molar-refractivity contribution is 7.54. The fraction of sp³-hybridized carbons (Fsp3) is 0.333. The van der Waals surface area contributed by atoms with Crippen molar-refractivity contribution in [2.75, 3.05) is 44.5 Å². The summed E-state index contributed by atoms with van der Waals surface area (Å²) in [7, 11) is -9.66. The van der Waals surface area contributed by atoms with Gasteiger partial charge in [-0.25, -0.2) is 0 Å². The average molecular weight is 942 g/mol. The molecule has 326 valence electrons. The summed E-state index contributed by atoms with van der Waals surface area (Å²) in [5.41, 5.74) is 6.06. The number of rotatable bonds is 24. The summed E-state index contributed by atoms with van der Waals surface area (Å²) in [5.74, 6) is 0. The van der Waals surface area contributed by atoms with Crippen LogP contribution in [0.2, 0.25) is 0 Å². The van der Waals surface area contributed by atoms with Gasteiger partial charge >= 0.3 is 22.8 Å². The van der Waals surface area contributed by atoms with E-state index < -0.39 is 22.8 Å². The lowest BCUT2D eigenvalue weighted by Crippen LogP contribution is -2.09. The summed E-state index contributed by atoms with van der Waals surface area (Å²) in [6.07, 6.45) is 0.707. The molecule has 0 saturated carbocycles. The SMILES string of the molecule is CCOP(=O)(Cc1ccc(-c2ccc(N(c3ccc(-c4ccc(CP(=O)(OCC)OCC)s4)cc3)c3ccc(-c4ccc(CP(=O)(OCC)OCC)s4)cc3)cc2)s1)OCC. The molecule has 0 aliphatic carbocycles. The predicted molar refractivity (Wildman–Crippen MR) is 255 cm³/mol. The minimum atomic E-state index is -3.22. The molecule has 0 aliphatic heterocycles. The Bertz CT molecular complexity index is 2150. The summed E-state index contributed by atoms with van der Waals surface area (Å²) in [5, 5.41) is 0. The molecule has 6 rings (SSSR count). The summed E-state index contributed by atoms with van der Waals surface area (Å²) in [6.45, 7) is 12.9. The molecule has 0 bridgehead atoms. The number of hydrogen-bond donors (Lipinski definition) is 0. The molecule has 0 radical (unpaired) electrons. The van der Waals surface area contributed by atoms with Gasteiger partial charge in [-0.2, -0.15) is 0 Å². The molecule has 0 saturated heterocycles. The summed E-state index contributed by atoms with van der Waals surface area (Å²) in [6, 6.07) is 37.5. The smallest absolute Gasteiger partial charge is 0.311 e. The predicted octanol–water partition coefficient (Wildman–Crippen LogP) is 15.6. The van der Waals surface area contributed by atoms with Crippen LogP contribution in [0.1, 0.15) is 56.2 Å². The van der Waals surface area contributed by atoms with Crippen molar-refractivity contribution < 1.29 is 40.8 Å². The van der Waals surface area contributed by atoms with Gasteiger partial charge < -0.3 is 32.0 Å². The van der Waals surface area contributed by atoms with Gasteiger partial charge in [0.2, 0.25) is 0 Å². The van der Waals surface area contributed by atoms with Crippen molar-refractivity contribution in [2.45, 2.75) is 60.0 Å². The van der Waals surface area contributed by atoms with Crippen LogP contribution in [-0.2, 0) is 59.3 Å². The van der Waals surface area contributed by atoms with E-state index >= 15 is 0 Å². The van der Waals surface area contributed by atoms with E-state index in [4.69, 9.17) is 27.1 Å². The van der Waals surface area contributed by atoms with Crippen molar-refractivity contribution in [1.82, 2.24) is 0 Å². The monoisotopic (exact) mass is 941 g/mol. The van der Waals surface area contributed by atoms with Crippen LogP contribution in [0.3, 0.4) is 0 Å². The average Bonchev–Trinajstić information content (AvgIpc) is 4.02. The zero-order valence-electron chi connectivity index (χ0n) is 35.4. The molecule has 6 aromatic rings. The van der Waals surface area contributed by atoms with Gasteiger partial charge in [0.1, 0.15) is 0 Å². The van der Waals surface area contributed by atoms with E-state index in [1.54, 1.807) is 34.0 Å². The van der Waals surface area contributed by atoms with Crippen LogP contribution < -0.4 is 4.90 Å². The van der Waals surface area contributed by atoms with Gasteiger partial charge in [-0.15, -0.1) is 34.0 Å². The van der Waals surface area contributed by atoms with Crippen LogP contribution in [-0.4, -0.2) is 39.6 Å². The second-order valence-corrected chi connectivity index (χ2v) is 23.3. The molecule has 16 heteroatoms. The number of thiophene rings is 3. The first kappa shape index (κ1) is 47.5. The van der Waals surface area contributed by atoms with Crippen LogP contribution in [0, 0.1) is 0 Å². The largest absolute Gasteiger partial charge is 0.335 e. The standard InChI is InChI=1S/C45H54NO9P3S3/c1-7-50-56(47,51-8-2)31-40-25-28-43(59-40)34-13-19-37(20-14-34)46(38-21-15-35(16-22-38)44-29-26-41(60-44)32-57(48,52-9-3)53-10-4)39-23-17-36(18-24-39)45-30-27-42(61-45)33-58(49,54-11-5)55-12-6/h13-30H,7-12,31-33H2,1-6H3. The molecule has 0 amide bonds. The topological polar surface area (TPSA) is 110 Å². The summed E-state index contributed by atoms with van der Waals surface area (Å²) >= 11 is 4.76. The molecule has 0 spiro atoms. The first-order valence-corrected chi connectivity index (χ1v) is 28.1. The third-order valence-electron chi connectivity index (χ3n) is 9.22. The first-order chi connectivity index (χ1) is 29.4. The lowest BCUT2D eigenvalue weighted by molar-refractivity contribution is 0.218. The molecule has 10 nitrogen and oxygen atoms in total. The third-order valence-corrected chi connectivity index (χ3v) is 19.4. The van der Waals surface area contributed by atoms with Gasteiger partial charge in [-0.05, 0) is 131 Å². The minimum absolute atomic E-state index is 0.236. The molecule has 3 heterocycles. The second kappa shape index (κ2) is 22.1. The Morgan fingerprint density at radius 2 is 0.590 bits per heavy atom. The molecular formula is C45H54NO9P3S3. The second-order valence-electron chi connectivity index (χ2n) is 13.6. The summed E-state index contributed by atoms with van der Waals surface area (Å²) in [4.78, 5) is 8.23. The Morgan fingerprint density at radius 3 is 0.803 bits per heavy atom. The Kier molecular flexibility index (Phi) is 17.2. The summed E-state index contributed by atoms with van der Waals surface area (Å²) < 4.78 is 73.0. The van der Waals surface area contributed by atoms with Crippen molar-refractivity contribution in [3.63, 3.8) is 0 Å². The fourth-order valence-electron chi connectivity index (χ4n) is 6.76. The minimum Gasteiger partial charge on any atom is -0.311 e. The van der Waals surface area contributed by atoms with E-state index in [0.29, 0.717) is 39.6 Å². The number of anilines is 3. The van der Waals surface area contributed by atoms with Crippen LogP contribution in [0.5, 0.6) is 0 Å². The number of hydrogen-bond acceptors (Lipinski definition) is 13. The third kappa shape index (κ3) is 12.6. The molecule has 61 heavy (non-hydrogen) atoms. The van der Waals surface area contributed by atoms with Crippen molar-refractivity contribution in [1.29, 1.82) is 0 Å². The first-order valence-electron chi connectivity index (χ1n) is 20.5. The molecule has 0 atom stereocenters. The van der Waals surface area contributed by atoms with Crippen LogP contribution in [0.15, 0.2) is 109 Å². The maximum Gasteiger partial charge on any atom is 0.335 e. The molecule has 0 unspecified atom stereocenters. The molecule has 0 N–H and O–H groups in total.